The normalized spacial score (nSPS) is 12.4. The van der Waals surface area contributed by atoms with Crippen LogP contribution in [0, 0.1) is 6.92 Å². The quantitative estimate of drug-likeness (QED) is 0.879. The Hall–Kier alpha value is -1.81. The number of likely N-dealkylation sites (N-methyl/N-ethyl adjacent to an activating group) is 1. The fraction of sp³-hybridized carbons (Fsp3) is 0.438. The molecule has 1 aromatic heterocycles. The van der Waals surface area contributed by atoms with Crippen LogP contribution < -0.4 is 10.1 Å². The van der Waals surface area contributed by atoms with Crippen LogP contribution in [0.25, 0.3) is 0 Å². The number of nitrogens with one attached hydrogen (secondary N) is 1. The van der Waals surface area contributed by atoms with Gasteiger partial charge in [0.2, 0.25) is 0 Å². The monoisotopic (exact) mass is 273 g/mol. The Morgan fingerprint density at radius 1 is 1.40 bits per heavy atom. The van der Waals surface area contributed by atoms with Gasteiger partial charge in [0.25, 0.3) is 0 Å². The second kappa shape index (κ2) is 6.57. The zero-order valence-corrected chi connectivity index (χ0v) is 12.7. The number of hydrogen-bond acceptors (Lipinski definition) is 3. The lowest BCUT2D eigenvalue weighted by Gasteiger charge is -2.19. The average Bonchev–Trinajstić information content (AvgIpc) is 2.84. The highest BCUT2D eigenvalue weighted by molar-refractivity contribution is 5.37. The minimum atomic E-state index is 0.269. The van der Waals surface area contributed by atoms with Gasteiger partial charge >= 0.3 is 0 Å². The molecule has 4 heteroatoms. The first-order chi connectivity index (χ1) is 9.65. The van der Waals surface area contributed by atoms with Crippen LogP contribution in [-0.2, 0) is 13.5 Å². The molecule has 0 bridgehead atoms. The Morgan fingerprint density at radius 3 is 2.75 bits per heavy atom. The number of methoxy groups -OCH3 is 1. The number of nitrogens with zero attached hydrogens (tertiary/aromatic N) is 2. The van der Waals surface area contributed by atoms with E-state index in [9.17, 15) is 0 Å². The molecule has 4 nitrogen and oxygen atoms in total. The molecular formula is C16H23N3O. The molecular weight excluding hydrogens is 250 g/mol. The maximum atomic E-state index is 5.33. The lowest BCUT2D eigenvalue weighted by Crippen LogP contribution is -2.24. The second-order valence-corrected chi connectivity index (χ2v) is 5.00. The first-order valence-corrected chi connectivity index (χ1v) is 6.99. The summed E-state index contributed by atoms with van der Waals surface area (Å²) in [5.74, 6) is 2.02. The van der Waals surface area contributed by atoms with E-state index in [1.165, 1.54) is 5.56 Å². The third kappa shape index (κ3) is 3.20. The number of ether oxygens (including phenoxy) is 1. The lowest BCUT2D eigenvalue weighted by atomic mass is 10.0. The maximum absolute atomic E-state index is 5.33. The fourth-order valence-electron chi connectivity index (χ4n) is 2.45. The van der Waals surface area contributed by atoms with E-state index >= 15 is 0 Å². The lowest BCUT2D eigenvalue weighted by molar-refractivity contribution is 0.411. The van der Waals surface area contributed by atoms with Crippen LogP contribution in [0.15, 0.2) is 30.6 Å². The summed E-state index contributed by atoms with van der Waals surface area (Å²) >= 11 is 0. The molecule has 0 aliphatic rings. The Morgan fingerprint density at radius 2 is 2.20 bits per heavy atom. The summed E-state index contributed by atoms with van der Waals surface area (Å²) < 4.78 is 7.40. The van der Waals surface area contributed by atoms with Crippen LogP contribution in [0.3, 0.4) is 0 Å². The largest absolute Gasteiger partial charge is 0.496 e. The third-order valence-corrected chi connectivity index (χ3v) is 3.58. The summed E-state index contributed by atoms with van der Waals surface area (Å²) in [6.07, 6.45) is 4.71. The van der Waals surface area contributed by atoms with Crippen molar-refractivity contribution in [2.75, 3.05) is 13.7 Å². The van der Waals surface area contributed by atoms with E-state index in [0.717, 1.165) is 30.1 Å². The van der Waals surface area contributed by atoms with Gasteiger partial charge in [-0.3, -0.25) is 0 Å². The first kappa shape index (κ1) is 14.6. The summed E-state index contributed by atoms with van der Waals surface area (Å²) in [5.41, 5.74) is 2.43. The molecule has 108 valence electrons. The molecule has 1 atom stereocenters. The van der Waals surface area contributed by atoms with Gasteiger partial charge in [0.15, 0.2) is 0 Å². The van der Waals surface area contributed by atoms with Crippen molar-refractivity contribution >= 4 is 0 Å². The van der Waals surface area contributed by atoms with Gasteiger partial charge in [-0.15, -0.1) is 0 Å². The van der Waals surface area contributed by atoms with Crippen molar-refractivity contribution in [3.05, 3.63) is 47.5 Å². The number of imidazole rings is 1. The van der Waals surface area contributed by atoms with E-state index in [4.69, 9.17) is 4.74 Å². The Bertz CT molecular complexity index is 563. The maximum Gasteiger partial charge on any atom is 0.121 e. The van der Waals surface area contributed by atoms with Gasteiger partial charge in [-0.05, 0) is 30.7 Å². The van der Waals surface area contributed by atoms with Crippen molar-refractivity contribution in [3.63, 3.8) is 0 Å². The summed E-state index contributed by atoms with van der Waals surface area (Å²) in [7, 11) is 3.74. The highest BCUT2D eigenvalue weighted by Crippen LogP contribution is 2.24. The molecule has 2 rings (SSSR count). The minimum Gasteiger partial charge on any atom is -0.496 e. The number of aromatic nitrogens is 2. The van der Waals surface area contributed by atoms with Gasteiger partial charge in [-0.25, -0.2) is 4.98 Å². The summed E-state index contributed by atoms with van der Waals surface area (Å²) in [4.78, 5) is 4.42. The van der Waals surface area contributed by atoms with Gasteiger partial charge in [0.1, 0.15) is 11.6 Å². The molecule has 1 aromatic carbocycles. The van der Waals surface area contributed by atoms with Gasteiger partial charge in [0, 0.05) is 31.9 Å². The van der Waals surface area contributed by atoms with Gasteiger partial charge in [-0.1, -0.05) is 19.1 Å². The van der Waals surface area contributed by atoms with Crippen molar-refractivity contribution < 1.29 is 4.74 Å². The van der Waals surface area contributed by atoms with Gasteiger partial charge in [0.05, 0.1) is 7.11 Å². The van der Waals surface area contributed by atoms with E-state index in [0.29, 0.717) is 0 Å². The molecule has 0 aliphatic heterocycles. The summed E-state index contributed by atoms with van der Waals surface area (Å²) in [5, 5.41) is 3.53. The smallest absolute Gasteiger partial charge is 0.121 e. The molecule has 20 heavy (non-hydrogen) atoms. The van der Waals surface area contributed by atoms with Crippen molar-refractivity contribution in [2.24, 2.45) is 7.05 Å². The SMILES string of the molecule is CCNC(Cc1nccn1C)c1ccc(OC)c(C)c1. The van der Waals surface area contributed by atoms with Gasteiger partial charge < -0.3 is 14.6 Å². The number of hydrogen-bond donors (Lipinski definition) is 1. The van der Waals surface area contributed by atoms with E-state index in [1.807, 2.05) is 25.5 Å². The van der Waals surface area contributed by atoms with Crippen LogP contribution in [0.4, 0.5) is 0 Å². The third-order valence-electron chi connectivity index (χ3n) is 3.58. The first-order valence-electron chi connectivity index (χ1n) is 6.99. The number of aryl methyl sites for hydroxylation is 2. The van der Waals surface area contributed by atoms with E-state index in [2.05, 4.69) is 40.8 Å². The topological polar surface area (TPSA) is 39.1 Å². The number of rotatable bonds is 6. The Labute approximate surface area is 120 Å². The molecule has 0 amide bonds. The molecule has 0 saturated carbocycles. The molecule has 0 saturated heterocycles. The predicted molar refractivity (Wildman–Crippen MR) is 81.1 cm³/mol. The summed E-state index contributed by atoms with van der Waals surface area (Å²) in [6.45, 7) is 5.13. The van der Waals surface area contributed by atoms with E-state index < -0.39 is 0 Å². The van der Waals surface area contributed by atoms with Crippen molar-refractivity contribution in [3.8, 4) is 5.75 Å². The van der Waals surface area contributed by atoms with E-state index in [-0.39, 0.29) is 6.04 Å². The molecule has 0 fully saturated rings. The molecule has 0 radical (unpaired) electrons. The van der Waals surface area contributed by atoms with Crippen LogP contribution in [0.2, 0.25) is 0 Å². The fourth-order valence-corrected chi connectivity index (χ4v) is 2.45. The average molecular weight is 273 g/mol. The molecule has 1 N–H and O–H groups in total. The van der Waals surface area contributed by atoms with Crippen molar-refractivity contribution in [1.29, 1.82) is 0 Å². The highest BCUT2D eigenvalue weighted by atomic mass is 16.5. The molecule has 0 aliphatic carbocycles. The van der Waals surface area contributed by atoms with Crippen molar-refractivity contribution in [2.45, 2.75) is 26.3 Å². The van der Waals surface area contributed by atoms with Crippen LogP contribution in [0.1, 0.15) is 29.9 Å². The van der Waals surface area contributed by atoms with Gasteiger partial charge in [-0.2, -0.15) is 0 Å². The number of benzene rings is 1. The standard InChI is InChI=1S/C16H23N3O/c1-5-17-14(11-16-18-8-9-19(16)3)13-6-7-15(20-4)12(2)10-13/h6-10,14,17H,5,11H2,1-4H3. The molecule has 1 unspecified atom stereocenters. The van der Waals surface area contributed by atoms with Crippen molar-refractivity contribution in [1.82, 2.24) is 14.9 Å². The molecule has 1 heterocycles. The molecule has 2 aromatic rings. The minimum absolute atomic E-state index is 0.269. The Kier molecular flexibility index (Phi) is 4.79. The van der Waals surface area contributed by atoms with Crippen LogP contribution >= 0.6 is 0 Å². The summed E-state index contributed by atoms with van der Waals surface area (Å²) in [6, 6.07) is 6.62. The van der Waals surface area contributed by atoms with Crippen LogP contribution in [0.5, 0.6) is 5.75 Å². The zero-order chi connectivity index (χ0) is 14.5. The highest BCUT2D eigenvalue weighted by Gasteiger charge is 2.14. The molecule has 0 spiro atoms. The Balaban J connectivity index is 2.24. The van der Waals surface area contributed by atoms with E-state index in [1.54, 1.807) is 7.11 Å². The zero-order valence-electron chi connectivity index (χ0n) is 12.7. The second-order valence-electron chi connectivity index (χ2n) is 5.00. The predicted octanol–water partition coefficient (Wildman–Crippen LogP) is 2.63. The van der Waals surface area contributed by atoms with Crippen LogP contribution in [-0.4, -0.2) is 23.2 Å².